The van der Waals surface area contributed by atoms with Crippen LogP contribution in [0.4, 0.5) is 0 Å². The molecule has 1 aromatic carbocycles. The van der Waals surface area contributed by atoms with Crippen molar-refractivity contribution in [2.75, 3.05) is 0 Å². The fourth-order valence-electron chi connectivity index (χ4n) is 2.42. The first-order valence-electron chi connectivity index (χ1n) is 7.32. The Hall–Kier alpha value is -3.29. The minimum Gasteiger partial charge on any atom is -0.368 e. The fourth-order valence-corrected chi connectivity index (χ4v) is 2.42. The van der Waals surface area contributed by atoms with Gasteiger partial charge in [-0.3, -0.25) is 9.59 Å². The Morgan fingerprint density at radius 2 is 1.88 bits per heavy atom. The summed E-state index contributed by atoms with van der Waals surface area (Å²) in [4.78, 5) is 32.4. The molecule has 0 spiro atoms. The third-order valence-electron chi connectivity index (χ3n) is 3.51. The van der Waals surface area contributed by atoms with Crippen LogP contribution in [0.1, 0.15) is 33.6 Å². The van der Waals surface area contributed by atoms with Gasteiger partial charge in [-0.25, -0.2) is 9.50 Å². The van der Waals surface area contributed by atoms with E-state index in [0.29, 0.717) is 11.3 Å². The predicted octanol–water partition coefficient (Wildman–Crippen LogP) is 0.698. The number of nitrogens with one attached hydrogen (secondary N) is 1. The van der Waals surface area contributed by atoms with E-state index in [2.05, 4.69) is 20.4 Å². The molecule has 122 valence electrons. The second-order valence-corrected chi connectivity index (χ2v) is 5.41. The first-order valence-corrected chi connectivity index (χ1v) is 7.32. The minimum absolute atomic E-state index is 0.0709. The molecule has 3 aromatic rings. The number of hydrogen-bond acceptors (Lipinski definition) is 5. The zero-order chi connectivity index (χ0) is 17.3. The van der Waals surface area contributed by atoms with E-state index in [9.17, 15) is 9.59 Å². The van der Waals surface area contributed by atoms with Crippen LogP contribution in [0.15, 0.2) is 36.4 Å². The topological polar surface area (TPSA) is 115 Å². The van der Waals surface area contributed by atoms with Gasteiger partial charge in [0.1, 0.15) is 6.04 Å². The fraction of sp³-hybridized carbons (Fsp3) is 0.188. The highest BCUT2D eigenvalue weighted by Gasteiger charge is 2.23. The van der Waals surface area contributed by atoms with Gasteiger partial charge in [0.2, 0.25) is 11.7 Å². The number of nitrogens with zero attached hydrogens (tertiary/aromatic N) is 4. The zero-order valence-electron chi connectivity index (χ0n) is 13.2. The van der Waals surface area contributed by atoms with Crippen molar-refractivity contribution in [2.45, 2.75) is 19.9 Å². The van der Waals surface area contributed by atoms with Gasteiger partial charge in [0.05, 0.1) is 0 Å². The average molecular weight is 324 g/mol. The van der Waals surface area contributed by atoms with Crippen LogP contribution in [0, 0.1) is 13.8 Å². The van der Waals surface area contributed by atoms with Gasteiger partial charge in [0.25, 0.3) is 11.7 Å². The lowest BCUT2D eigenvalue weighted by Gasteiger charge is -2.14. The number of carbonyl (C=O) groups is 2. The SMILES string of the molecule is Cc1cc(C)n2nc(C(=O)NC(C(N)=O)c3ccccc3)nc2n1. The van der Waals surface area contributed by atoms with Crippen molar-refractivity contribution >= 4 is 17.6 Å². The van der Waals surface area contributed by atoms with Crippen LogP contribution in [0.5, 0.6) is 0 Å². The molecular weight excluding hydrogens is 308 g/mol. The summed E-state index contributed by atoms with van der Waals surface area (Å²) >= 11 is 0. The number of nitrogens with two attached hydrogens (primary N) is 1. The molecule has 0 fully saturated rings. The number of aromatic nitrogens is 4. The summed E-state index contributed by atoms with van der Waals surface area (Å²) in [5.41, 5.74) is 7.57. The molecule has 2 aromatic heterocycles. The summed E-state index contributed by atoms with van der Waals surface area (Å²) in [5, 5.41) is 6.70. The molecule has 0 saturated heterocycles. The molecule has 3 rings (SSSR count). The Balaban J connectivity index is 1.91. The number of primary amides is 1. The second kappa shape index (κ2) is 6.07. The summed E-state index contributed by atoms with van der Waals surface area (Å²) in [6.45, 7) is 3.67. The van der Waals surface area contributed by atoms with Crippen LogP contribution in [-0.4, -0.2) is 31.4 Å². The van der Waals surface area contributed by atoms with Gasteiger partial charge in [-0.1, -0.05) is 30.3 Å². The van der Waals surface area contributed by atoms with Crippen molar-refractivity contribution in [3.8, 4) is 0 Å². The summed E-state index contributed by atoms with van der Waals surface area (Å²) < 4.78 is 1.48. The Kier molecular flexibility index (Phi) is 3.95. The van der Waals surface area contributed by atoms with Crippen LogP contribution < -0.4 is 11.1 Å². The van der Waals surface area contributed by atoms with Crippen LogP contribution in [0.3, 0.4) is 0 Å². The van der Waals surface area contributed by atoms with Gasteiger partial charge in [-0.2, -0.15) is 4.98 Å². The highest BCUT2D eigenvalue weighted by molar-refractivity contribution is 5.95. The summed E-state index contributed by atoms with van der Waals surface area (Å²) in [6, 6.07) is 9.63. The van der Waals surface area contributed by atoms with E-state index in [-0.39, 0.29) is 5.82 Å². The summed E-state index contributed by atoms with van der Waals surface area (Å²) in [7, 11) is 0. The molecule has 1 atom stereocenters. The maximum absolute atomic E-state index is 12.4. The molecule has 1 unspecified atom stereocenters. The van der Waals surface area contributed by atoms with Crippen molar-refractivity contribution in [3.63, 3.8) is 0 Å². The van der Waals surface area contributed by atoms with E-state index in [1.54, 1.807) is 24.3 Å². The minimum atomic E-state index is -0.957. The quantitative estimate of drug-likeness (QED) is 0.733. The second-order valence-electron chi connectivity index (χ2n) is 5.41. The van der Waals surface area contributed by atoms with Gasteiger partial charge in [-0.15, -0.1) is 5.10 Å². The van der Waals surface area contributed by atoms with Crippen molar-refractivity contribution in [1.82, 2.24) is 24.9 Å². The van der Waals surface area contributed by atoms with Crippen molar-refractivity contribution in [1.29, 1.82) is 0 Å². The lowest BCUT2D eigenvalue weighted by atomic mass is 10.1. The molecule has 0 saturated carbocycles. The van der Waals surface area contributed by atoms with Gasteiger partial charge in [-0.05, 0) is 25.5 Å². The van der Waals surface area contributed by atoms with E-state index >= 15 is 0 Å². The highest BCUT2D eigenvalue weighted by Crippen LogP contribution is 2.13. The van der Waals surface area contributed by atoms with Crippen molar-refractivity contribution in [2.24, 2.45) is 5.73 Å². The van der Waals surface area contributed by atoms with Gasteiger partial charge >= 0.3 is 0 Å². The van der Waals surface area contributed by atoms with Crippen LogP contribution in [-0.2, 0) is 4.79 Å². The van der Waals surface area contributed by atoms with E-state index in [1.165, 1.54) is 4.52 Å². The van der Waals surface area contributed by atoms with E-state index < -0.39 is 17.9 Å². The average Bonchev–Trinajstić information content (AvgIpc) is 2.97. The molecule has 3 N–H and O–H groups in total. The Bertz CT molecular complexity index is 919. The standard InChI is InChI=1S/C16H16N6O2/c1-9-8-10(2)22-16(18-9)20-14(21-22)15(24)19-12(13(17)23)11-6-4-3-5-7-11/h3-8,12H,1-2H3,(H2,17,23)(H,19,24). The van der Waals surface area contributed by atoms with E-state index in [1.807, 2.05) is 26.0 Å². The molecule has 0 aliphatic rings. The molecule has 0 radical (unpaired) electrons. The number of benzene rings is 1. The lowest BCUT2D eigenvalue weighted by Crippen LogP contribution is -2.38. The first-order chi connectivity index (χ1) is 11.5. The van der Waals surface area contributed by atoms with Gasteiger partial charge in [0, 0.05) is 11.4 Å². The molecule has 0 aliphatic heterocycles. The maximum atomic E-state index is 12.4. The number of aryl methyl sites for hydroxylation is 2. The number of amides is 2. The third-order valence-corrected chi connectivity index (χ3v) is 3.51. The number of carbonyl (C=O) groups excluding carboxylic acids is 2. The molecule has 8 heteroatoms. The molecule has 2 heterocycles. The number of rotatable bonds is 4. The van der Waals surface area contributed by atoms with Crippen molar-refractivity contribution < 1.29 is 9.59 Å². The van der Waals surface area contributed by atoms with Gasteiger partial charge < -0.3 is 11.1 Å². The molecule has 24 heavy (non-hydrogen) atoms. The summed E-state index contributed by atoms with van der Waals surface area (Å²) in [5.74, 6) is -1.000. The molecule has 8 nitrogen and oxygen atoms in total. The van der Waals surface area contributed by atoms with Gasteiger partial charge in [0.15, 0.2) is 0 Å². The van der Waals surface area contributed by atoms with Crippen LogP contribution in [0.25, 0.3) is 5.78 Å². The number of fused-ring (bicyclic) bond motifs is 1. The normalized spacial score (nSPS) is 12.1. The maximum Gasteiger partial charge on any atom is 0.291 e. The molecule has 2 amide bonds. The Morgan fingerprint density at radius 3 is 2.54 bits per heavy atom. The van der Waals surface area contributed by atoms with Crippen molar-refractivity contribution in [3.05, 3.63) is 59.2 Å². The summed E-state index contributed by atoms with van der Waals surface area (Å²) in [6.07, 6.45) is 0. The highest BCUT2D eigenvalue weighted by atomic mass is 16.2. The van der Waals surface area contributed by atoms with E-state index in [4.69, 9.17) is 5.73 Å². The third kappa shape index (κ3) is 2.94. The largest absolute Gasteiger partial charge is 0.368 e. The smallest absolute Gasteiger partial charge is 0.291 e. The predicted molar refractivity (Wildman–Crippen MR) is 86.1 cm³/mol. The lowest BCUT2D eigenvalue weighted by molar-refractivity contribution is -0.120. The van der Waals surface area contributed by atoms with Crippen LogP contribution in [0.2, 0.25) is 0 Å². The Morgan fingerprint density at radius 1 is 1.17 bits per heavy atom. The molecule has 0 bridgehead atoms. The Labute approximate surface area is 137 Å². The monoisotopic (exact) mass is 324 g/mol. The molecular formula is C16H16N6O2. The number of hydrogen-bond donors (Lipinski definition) is 2. The first kappa shape index (κ1) is 15.6. The molecule has 0 aliphatic carbocycles. The van der Waals surface area contributed by atoms with E-state index in [0.717, 1.165) is 11.4 Å². The van der Waals surface area contributed by atoms with Crippen LogP contribution >= 0.6 is 0 Å². The zero-order valence-corrected chi connectivity index (χ0v) is 13.2.